The van der Waals surface area contributed by atoms with Gasteiger partial charge in [-0.2, -0.15) is 0 Å². The number of rotatable bonds is 5. The third-order valence-electron chi connectivity index (χ3n) is 2.62. The molecule has 1 unspecified atom stereocenters. The Morgan fingerprint density at radius 2 is 2.18 bits per heavy atom. The zero-order chi connectivity index (χ0) is 12.9. The van der Waals surface area contributed by atoms with Crippen LogP contribution in [0.4, 0.5) is 4.39 Å². The lowest BCUT2D eigenvalue weighted by Gasteiger charge is -2.28. The Morgan fingerprint density at radius 3 is 2.71 bits per heavy atom. The van der Waals surface area contributed by atoms with Gasteiger partial charge in [0.1, 0.15) is 11.4 Å². The second-order valence-corrected chi connectivity index (χ2v) is 3.89. The number of carbonyl (C=O) groups excluding carboxylic acids is 1. The van der Waals surface area contributed by atoms with Crippen molar-refractivity contribution in [1.82, 2.24) is 5.32 Å². The van der Waals surface area contributed by atoms with E-state index < -0.39 is 11.5 Å². The van der Waals surface area contributed by atoms with Gasteiger partial charge in [-0.3, -0.25) is 5.32 Å². The summed E-state index contributed by atoms with van der Waals surface area (Å²) >= 11 is 0. The van der Waals surface area contributed by atoms with Crippen molar-refractivity contribution in [2.45, 2.75) is 26.3 Å². The van der Waals surface area contributed by atoms with Crippen LogP contribution >= 0.6 is 0 Å². The van der Waals surface area contributed by atoms with E-state index in [4.69, 9.17) is 4.74 Å². The maximum Gasteiger partial charge on any atom is 0.330 e. The first-order valence-electron chi connectivity index (χ1n) is 5.73. The lowest BCUT2D eigenvalue weighted by molar-refractivity contribution is -0.151. The molecule has 0 bridgehead atoms. The fourth-order valence-corrected chi connectivity index (χ4v) is 1.72. The van der Waals surface area contributed by atoms with E-state index in [2.05, 4.69) is 5.32 Å². The number of ether oxygens (including phenoxy) is 1. The van der Waals surface area contributed by atoms with Gasteiger partial charge in [-0.25, -0.2) is 9.18 Å². The monoisotopic (exact) mass is 239 g/mol. The highest BCUT2D eigenvalue weighted by atomic mass is 19.1. The Kier molecular flexibility index (Phi) is 4.63. The Balaban J connectivity index is 3.10. The van der Waals surface area contributed by atoms with Crippen molar-refractivity contribution in [2.75, 3.05) is 13.2 Å². The molecule has 0 aliphatic carbocycles. The van der Waals surface area contributed by atoms with Crippen LogP contribution in [0.1, 0.15) is 26.3 Å². The summed E-state index contributed by atoms with van der Waals surface area (Å²) in [6, 6.07) is 5.99. The summed E-state index contributed by atoms with van der Waals surface area (Å²) < 4.78 is 18.2. The Morgan fingerprint density at radius 1 is 1.47 bits per heavy atom. The molecule has 1 atom stereocenters. The van der Waals surface area contributed by atoms with E-state index in [1.807, 2.05) is 6.92 Å². The SMILES string of the molecule is CCNC(C)(C(=O)OCC)c1cccc(F)c1. The Hall–Kier alpha value is -1.42. The second-order valence-electron chi connectivity index (χ2n) is 3.89. The van der Waals surface area contributed by atoms with Gasteiger partial charge in [0.25, 0.3) is 0 Å². The number of esters is 1. The minimum Gasteiger partial charge on any atom is -0.464 e. The minimum absolute atomic E-state index is 0.301. The van der Waals surface area contributed by atoms with Gasteiger partial charge in [0, 0.05) is 0 Å². The molecule has 0 amide bonds. The van der Waals surface area contributed by atoms with Crippen molar-refractivity contribution in [2.24, 2.45) is 0 Å². The molecule has 4 heteroatoms. The van der Waals surface area contributed by atoms with Crippen molar-refractivity contribution in [3.05, 3.63) is 35.6 Å². The average Bonchev–Trinajstić information content (AvgIpc) is 2.29. The molecule has 0 aromatic heterocycles. The topological polar surface area (TPSA) is 38.3 Å². The van der Waals surface area contributed by atoms with Crippen LogP contribution in [0.25, 0.3) is 0 Å². The van der Waals surface area contributed by atoms with Crippen LogP contribution in [-0.4, -0.2) is 19.1 Å². The largest absolute Gasteiger partial charge is 0.464 e. The number of hydrogen-bond acceptors (Lipinski definition) is 3. The third kappa shape index (κ3) is 3.03. The first-order valence-corrected chi connectivity index (χ1v) is 5.73. The molecular weight excluding hydrogens is 221 g/mol. The molecule has 1 aromatic rings. The lowest BCUT2D eigenvalue weighted by atomic mass is 9.92. The maximum absolute atomic E-state index is 13.2. The van der Waals surface area contributed by atoms with Gasteiger partial charge in [-0.15, -0.1) is 0 Å². The summed E-state index contributed by atoms with van der Waals surface area (Å²) in [4.78, 5) is 12.0. The minimum atomic E-state index is -1.01. The second kappa shape index (κ2) is 5.77. The molecule has 1 rings (SSSR count). The van der Waals surface area contributed by atoms with Crippen LogP contribution in [0.2, 0.25) is 0 Å². The highest BCUT2D eigenvalue weighted by molar-refractivity contribution is 5.82. The van der Waals surface area contributed by atoms with E-state index in [1.54, 1.807) is 26.0 Å². The predicted octanol–water partition coefficient (Wildman–Crippen LogP) is 2.21. The molecule has 0 saturated heterocycles. The van der Waals surface area contributed by atoms with E-state index >= 15 is 0 Å². The summed E-state index contributed by atoms with van der Waals surface area (Å²) in [6.45, 7) is 6.22. The van der Waals surface area contributed by atoms with Crippen LogP contribution in [0, 0.1) is 5.82 Å². The quantitative estimate of drug-likeness (QED) is 0.801. The summed E-state index contributed by atoms with van der Waals surface area (Å²) in [7, 11) is 0. The van der Waals surface area contributed by atoms with E-state index in [-0.39, 0.29) is 5.82 Å². The molecule has 0 saturated carbocycles. The van der Waals surface area contributed by atoms with Gasteiger partial charge >= 0.3 is 5.97 Å². The van der Waals surface area contributed by atoms with Gasteiger partial charge in [0.05, 0.1) is 6.61 Å². The van der Waals surface area contributed by atoms with Crippen LogP contribution < -0.4 is 5.32 Å². The van der Waals surface area contributed by atoms with E-state index in [1.165, 1.54) is 12.1 Å². The zero-order valence-electron chi connectivity index (χ0n) is 10.4. The number of benzene rings is 1. The fourth-order valence-electron chi connectivity index (χ4n) is 1.72. The Bertz CT molecular complexity index is 395. The molecule has 0 spiro atoms. The van der Waals surface area contributed by atoms with Gasteiger partial charge in [0.15, 0.2) is 0 Å². The van der Waals surface area contributed by atoms with Crippen molar-refractivity contribution in [3.8, 4) is 0 Å². The molecule has 17 heavy (non-hydrogen) atoms. The van der Waals surface area contributed by atoms with Crippen molar-refractivity contribution < 1.29 is 13.9 Å². The smallest absolute Gasteiger partial charge is 0.330 e. The van der Waals surface area contributed by atoms with E-state index in [9.17, 15) is 9.18 Å². The molecule has 1 N–H and O–H groups in total. The van der Waals surface area contributed by atoms with Gasteiger partial charge in [-0.1, -0.05) is 19.1 Å². The van der Waals surface area contributed by atoms with Crippen molar-refractivity contribution in [1.29, 1.82) is 0 Å². The van der Waals surface area contributed by atoms with Crippen LogP contribution in [0.15, 0.2) is 24.3 Å². The summed E-state index contributed by atoms with van der Waals surface area (Å²) in [6.07, 6.45) is 0. The third-order valence-corrected chi connectivity index (χ3v) is 2.62. The number of halogens is 1. The number of likely N-dealkylation sites (N-methyl/N-ethyl adjacent to an activating group) is 1. The van der Waals surface area contributed by atoms with E-state index in [0.29, 0.717) is 18.7 Å². The molecule has 94 valence electrons. The van der Waals surface area contributed by atoms with Gasteiger partial charge in [-0.05, 0) is 38.1 Å². The van der Waals surface area contributed by atoms with Gasteiger partial charge in [0.2, 0.25) is 0 Å². The molecule has 0 aliphatic heterocycles. The van der Waals surface area contributed by atoms with Crippen LogP contribution in [0.3, 0.4) is 0 Å². The first kappa shape index (κ1) is 13.6. The summed E-state index contributed by atoms with van der Waals surface area (Å²) in [5, 5.41) is 3.05. The van der Waals surface area contributed by atoms with E-state index in [0.717, 1.165) is 0 Å². The molecule has 0 fully saturated rings. The molecule has 0 heterocycles. The summed E-state index contributed by atoms with van der Waals surface area (Å²) in [5.74, 6) is -0.761. The number of carbonyl (C=O) groups is 1. The van der Waals surface area contributed by atoms with Crippen molar-refractivity contribution >= 4 is 5.97 Å². The Labute approximate surface area is 101 Å². The normalized spacial score (nSPS) is 14.1. The molecule has 0 aliphatic rings. The first-order chi connectivity index (χ1) is 8.04. The predicted molar refractivity (Wildman–Crippen MR) is 64.1 cm³/mol. The summed E-state index contributed by atoms with van der Waals surface area (Å²) in [5.41, 5.74) is -0.440. The highest BCUT2D eigenvalue weighted by Gasteiger charge is 2.35. The van der Waals surface area contributed by atoms with Crippen LogP contribution in [0.5, 0.6) is 0 Å². The number of nitrogens with one attached hydrogen (secondary N) is 1. The molecule has 0 radical (unpaired) electrons. The molecule has 1 aromatic carbocycles. The van der Waals surface area contributed by atoms with Crippen LogP contribution in [-0.2, 0) is 15.1 Å². The molecular formula is C13H18FNO2. The maximum atomic E-state index is 13.2. The standard InChI is InChI=1S/C13H18FNO2/c1-4-15-13(3,12(16)17-5-2)10-7-6-8-11(14)9-10/h6-9,15H,4-5H2,1-3H3. The molecule has 3 nitrogen and oxygen atoms in total. The van der Waals surface area contributed by atoms with Crippen molar-refractivity contribution in [3.63, 3.8) is 0 Å². The highest BCUT2D eigenvalue weighted by Crippen LogP contribution is 2.23. The van der Waals surface area contributed by atoms with Gasteiger partial charge < -0.3 is 4.74 Å². The number of hydrogen-bond donors (Lipinski definition) is 1. The fraction of sp³-hybridized carbons (Fsp3) is 0.462. The zero-order valence-corrected chi connectivity index (χ0v) is 10.4. The average molecular weight is 239 g/mol. The lowest BCUT2D eigenvalue weighted by Crippen LogP contribution is -2.47.